The molecule has 0 saturated carbocycles. The van der Waals surface area contributed by atoms with Gasteiger partial charge in [0.25, 0.3) is 15.6 Å². The number of hydrogen-bond acceptors (Lipinski definition) is 4. The zero-order chi connectivity index (χ0) is 17.2. The lowest BCUT2D eigenvalue weighted by Gasteiger charge is -2.14. The molecule has 11 heteroatoms. The smallest absolute Gasteiger partial charge is 0.338 e. The first-order chi connectivity index (χ1) is 10.0. The van der Waals surface area contributed by atoms with Gasteiger partial charge in [0.1, 0.15) is 0 Å². The monoisotopic (exact) mass is 545 g/mol. The summed E-state index contributed by atoms with van der Waals surface area (Å²) >= 11 is 20.6. The van der Waals surface area contributed by atoms with Crippen LogP contribution in [0.15, 0.2) is 10.5 Å². The minimum Gasteiger partial charge on any atom is -0.465 e. The third-order valence-corrected chi connectivity index (χ3v) is 5.16. The predicted molar refractivity (Wildman–Crippen MR) is 90.9 cm³/mol. The number of methoxy groups -OCH3 is 1. The second kappa shape index (κ2) is 7.61. The van der Waals surface area contributed by atoms with Crippen molar-refractivity contribution >= 4 is 91.1 Å². The molecule has 5 nitrogen and oxygen atoms in total. The first kappa shape index (κ1) is 19.9. The van der Waals surface area contributed by atoms with Gasteiger partial charge in [0, 0.05) is 3.57 Å². The Labute approximate surface area is 161 Å². The molecular weight excluding hydrogens is 542 g/mol. The van der Waals surface area contributed by atoms with E-state index in [0.29, 0.717) is 3.57 Å². The summed E-state index contributed by atoms with van der Waals surface area (Å²) in [7, 11) is 1.06. The number of halogens is 6. The van der Waals surface area contributed by atoms with E-state index in [4.69, 9.17) is 34.8 Å². The Balaban J connectivity index is 3.39. The van der Waals surface area contributed by atoms with Crippen LogP contribution in [-0.4, -0.2) is 28.7 Å². The topological polar surface area (TPSA) is 72.5 Å². The van der Waals surface area contributed by atoms with Gasteiger partial charge in [-0.1, -0.05) is 34.8 Å². The molecule has 0 aliphatic carbocycles. The Hall–Kier alpha value is -0.160. The van der Waals surface area contributed by atoms with E-state index in [1.807, 2.05) is 0 Å². The van der Waals surface area contributed by atoms with Gasteiger partial charge in [-0.25, -0.2) is 9.18 Å². The first-order valence-electron chi connectivity index (χ1n) is 5.19. The van der Waals surface area contributed by atoms with E-state index in [2.05, 4.69) is 20.7 Å². The van der Waals surface area contributed by atoms with Gasteiger partial charge in [-0.15, -0.1) is 0 Å². The molecule has 120 valence electrons. The van der Waals surface area contributed by atoms with Gasteiger partial charge in [-0.05, 0) is 44.6 Å². The molecule has 1 aromatic carbocycles. The molecule has 0 unspecified atom stereocenters. The Bertz CT molecular complexity index is 666. The molecule has 1 N–H and O–H groups in total. The van der Waals surface area contributed by atoms with E-state index >= 15 is 0 Å². The van der Waals surface area contributed by atoms with Crippen LogP contribution in [0.5, 0.6) is 0 Å². The molecule has 0 aliphatic heterocycles. The average molecular weight is 547 g/mol. The number of nitrogens with one attached hydrogen (secondary N) is 1. The van der Waals surface area contributed by atoms with Crippen molar-refractivity contribution in [1.29, 1.82) is 0 Å². The molecule has 0 radical (unpaired) electrons. The maximum Gasteiger partial charge on any atom is 0.338 e. The van der Waals surface area contributed by atoms with Gasteiger partial charge in [0.2, 0.25) is 0 Å². The number of imide groups is 1. The highest BCUT2D eigenvalue weighted by atomic mass is 127. The van der Waals surface area contributed by atoms with Gasteiger partial charge >= 0.3 is 5.97 Å². The number of amides is 2. The average Bonchev–Trinajstić information content (AvgIpc) is 2.42. The van der Waals surface area contributed by atoms with E-state index in [1.54, 1.807) is 27.9 Å². The largest absolute Gasteiger partial charge is 0.465 e. The van der Waals surface area contributed by atoms with Crippen molar-refractivity contribution in [3.63, 3.8) is 0 Å². The van der Waals surface area contributed by atoms with Crippen LogP contribution in [-0.2, 0) is 9.53 Å². The lowest BCUT2D eigenvalue weighted by molar-refractivity contribution is -0.119. The Morgan fingerprint density at radius 3 is 2.36 bits per heavy atom. The molecule has 0 aromatic heterocycles. The zero-order valence-corrected chi connectivity index (χ0v) is 16.5. The summed E-state index contributed by atoms with van der Waals surface area (Å²) in [6.07, 6.45) is 0. The molecular formula is C11H5BrCl3FINO4. The van der Waals surface area contributed by atoms with Crippen molar-refractivity contribution in [3.05, 3.63) is 31.1 Å². The molecule has 0 aliphatic rings. The maximum absolute atomic E-state index is 14.3. The fourth-order valence-electron chi connectivity index (χ4n) is 1.32. The van der Waals surface area contributed by atoms with Crippen molar-refractivity contribution in [3.8, 4) is 0 Å². The molecule has 0 fully saturated rings. The van der Waals surface area contributed by atoms with E-state index in [1.165, 1.54) is 6.07 Å². The van der Waals surface area contributed by atoms with Crippen LogP contribution < -0.4 is 5.32 Å². The summed E-state index contributed by atoms with van der Waals surface area (Å²) in [4.78, 5) is 35.2. The van der Waals surface area contributed by atoms with E-state index in [9.17, 15) is 18.8 Å². The fraction of sp³-hybridized carbons (Fsp3) is 0.182. The molecule has 22 heavy (non-hydrogen) atoms. The number of benzene rings is 1. The minimum atomic E-state index is -2.42. The molecule has 0 heterocycles. The van der Waals surface area contributed by atoms with E-state index in [-0.39, 0.29) is 10.0 Å². The van der Waals surface area contributed by atoms with Gasteiger partial charge < -0.3 is 4.74 Å². The van der Waals surface area contributed by atoms with Gasteiger partial charge in [-0.2, -0.15) is 0 Å². The molecule has 0 saturated heterocycles. The molecule has 0 bridgehead atoms. The van der Waals surface area contributed by atoms with Crippen molar-refractivity contribution in [2.75, 3.05) is 7.11 Å². The third-order valence-electron chi connectivity index (χ3n) is 2.28. The summed E-state index contributed by atoms with van der Waals surface area (Å²) in [5, 5.41) is 1.70. The number of hydrogen-bond donors (Lipinski definition) is 1. The first-order valence-corrected chi connectivity index (χ1v) is 8.19. The molecule has 1 aromatic rings. The van der Waals surface area contributed by atoms with E-state index < -0.39 is 33.0 Å². The van der Waals surface area contributed by atoms with Crippen LogP contribution in [0, 0.1) is 9.39 Å². The van der Waals surface area contributed by atoms with Crippen molar-refractivity contribution < 1.29 is 23.5 Å². The number of ether oxygens (including phenoxy) is 1. The number of rotatable bonds is 2. The number of carbonyl (C=O) groups is 3. The fourth-order valence-corrected chi connectivity index (χ4v) is 2.33. The normalized spacial score (nSPS) is 11.0. The van der Waals surface area contributed by atoms with Crippen LogP contribution >= 0.6 is 73.3 Å². The van der Waals surface area contributed by atoms with E-state index in [0.717, 1.165) is 7.11 Å². The third kappa shape index (κ3) is 4.44. The lowest BCUT2D eigenvalue weighted by Crippen LogP contribution is -2.40. The zero-order valence-electron chi connectivity index (χ0n) is 10.5. The van der Waals surface area contributed by atoms with Crippen molar-refractivity contribution in [1.82, 2.24) is 5.32 Å². The summed E-state index contributed by atoms with van der Waals surface area (Å²) in [5.41, 5.74) is -1.08. The van der Waals surface area contributed by atoms with Crippen LogP contribution in [0.2, 0.25) is 0 Å². The Morgan fingerprint density at radius 1 is 1.36 bits per heavy atom. The van der Waals surface area contributed by atoms with Crippen LogP contribution in [0.1, 0.15) is 20.7 Å². The van der Waals surface area contributed by atoms with Crippen LogP contribution in [0.4, 0.5) is 4.39 Å². The van der Waals surface area contributed by atoms with Crippen LogP contribution in [0.3, 0.4) is 0 Å². The second-order valence-corrected chi connectivity index (χ2v) is 7.92. The highest BCUT2D eigenvalue weighted by Gasteiger charge is 2.34. The minimum absolute atomic E-state index is 0.0627. The molecule has 0 atom stereocenters. The van der Waals surface area contributed by atoms with Gasteiger partial charge in [0.05, 0.1) is 22.7 Å². The number of carbonyl (C=O) groups excluding carboxylic acids is 3. The standard InChI is InChI=1S/C11H5BrCl3FINO4/c1-22-9(20)3-2-4(17)6(12)7(16)5(3)8(19)18-10(21)11(13,14)15/h2H,1H3,(H,18,19,21). The lowest BCUT2D eigenvalue weighted by atomic mass is 10.1. The maximum atomic E-state index is 14.3. The van der Waals surface area contributed by atoms with Crippen molar-refractivity contribution in [2.45, 2.75) is 3.79 Å². The van der Waals surface area contributed by atoms with Crippen LogP contribution in [0.25, 0.3) is 0 Å². The number of alkyl halides is 3. The summed E-state index contributed by atoms with van der Waals surface area (Å²) in [6.45, 7) is 0. The van der Waals surface area contributed by atoms with Gasteiger partial charge in [-0.3, -0.25) is 14.9 Å². The molecule has 1 rings (SSSR count). The Kier molecular flexibility index (Phi) is 6.88. The van der Waals surface area contributed by atoms with Gasteiger partial charge in [0.15, 0.2) is 5.82 Å². The van der Waals surface area contributed by atoms with Crippen molar-refractivity contribution in [2.24, 2.45) is 0 Å². The summed E-state index contributed by atoms with van der Waals surface area (Å²) in [5.74, 6) is -4.54. The Morgan fingerprint density at radius 2 is 1.91 bits per heavy atom. The second-order valence-electron chi connectivity index (χ2n) is 3.68. The quantitative estimate of drug-likeness (QED) is 0.266. The SMILES string of the molecule is COC(=O)c1cc(I)c(Br)c(F)c1C(=O)NC(=O)C(Cl)(Cl)Cl. The molecule has 0 spiro atoms. The molecule has 2 amide bonds. The predicted octanol–water partition coefficient (Wildman–Crippen LogP) is 3.61. The highest BCUT2D eigenvalue weighted by Crippen LogP contribution is 2.30. The summed E-state index contributed by atoms with van der Waals surface area (Å²) in [6, 6.07) is 1.22. The highest BCUT2D eigenvalue weighted by molar-refractivity contribution is 14.1. The summed E-state index contributed by atoms with van der Waals surface area (Å²) < 4.78 is 16.6. The number of esters is 1.